The summed E-state index contributed by atoms with van der Waals surface area (Å²) in [5.41, 5.74) is 0. The molecule has 0 aliphatic carbocycles. The van der Waals surface area contributed by atoms with Gasteiger partial charge in [0.15, 0.2) is 0 Å². The van der Waals surface area contributed by atoms with Gasteiger partial charge in [-0.15, -0.1) is 0 Å². The maximum absolute atomic E-state index is 5.50. The molecule has 0 aliphatic heterocycles. The largest absolute Gasteiger partial charge is 0 e. The van der Waals surface area contributed by atoms with Crippen molar-refractivity contribution < 1.29 is 191 Å². The van der Waals surface area contributed by atoms with Crippen molar-refractivity contribution in [2.75, 3.05) is 6.61 Å². The van der Waals surface area contributed by atoms with E-state index in [1.54, 1.807) is 0 Å². The van der Waals surface area contributed by atoms with Gasteiger partial charge >= 0.3 is 90.5 Å². The van der Waals surface area contributed by atoms with E-state index >= 15 is 0 Å². The standard InChI is InChI=1S/C8H12O.9W/c1-5-8(4)9-6-7(2)3;;;;;;;;;/h1,4-5,7H,6H2,2-3H3;;;;;;;;;/b8-5+;;;;;;;;;. The topological polar surface area (TPSA) is 9.23 Å². The zero-order valence-electron chi connectivity index (χ0n) is 9.60. The minimum atomic E-state index is 0. The van der Waals surface area contributed by atoms with Crippen molar-refractivity contribution in [2.45, 2.75) is 13.8 Å². The van der Waals surface area contributed by atoms with E-state index in [0.29, 0.717) is 5.92 Å². The van der Waals surface area contributed by atoms with Gasteiger partial charge in [-0.2, -0.15) is 0 Å². The van der Waals surface area contributed by atoms with E-state index in [1.165, 1.54) is 38.7 Å². The summed E-state index contributed by atoms with van der Waals surface area (Å²) in [6.45, 7) is 5.13. The molecule has 0 amide bonds. The number of hydrogen-bond acceptors (Lipinski definition) is 1. The fourth-order valence-corrected chi connectivity index (χ4v) is 1.46. The molecule has 0 unspecified atom stereocenters. The van der Waals surface area contributed by atoms with E-state index in [9.17, 15) is 0 Å². The molecule has 0 aliphatic rings. The Hall–Kier alpha value is 5.47. The summed E-state index contributed by atoms with van der Waals surface area (Å²) in [7, 11) is 0. The Labute approximate surface area is 233 Å². The third-order valence-corrected chi connectivity index (χ3v) is 2.26. The molecule has 0 saturated heterocycles. The predicted octanol–water partition coefficient (Wildman–Crippen LogP) is 1.22. The molecule has 0 bridgehead atoms. The minimum absolute atomic E-state index is 0. The molecule has 10 heteroatoms. The van der Waals surface area contributed by atoms with Gasteiger partial charge in [-0.1, -0.05) is 0 Å². The second-order valence-electron chi connectivity index (χ2n) is 2.53. The summed E-state index contributed by atoms with van der Waals surface area (Å²) < 4.78 is 9.65. The molecule has 104 valence electrons. The summed E-state index contributed by atoms with van der Waals surface area (Å²) >= 11 is 2.90. The van der Waals surface area contributed by atoms with Gasteiger partial charge in [-0.05, 0) is 0 Å². The Bertz CT molecular complexity index is 172. The van der Waals surface area contributed by atoms with Crippen LogP contribution in [0.4, 0.5) is 0 Å². The average Bonchev–Trinajstić information content (AvgIpc) is 1.97. The Balaban J connectivity index is -0.0000000238. The van der Waals surface area contributed by atoms with Crippen molar-refractivity contribution in [2.24, 2.45) is 5.92 Å². The van der Waals surface area contributed by atoms with Gasteiger partial charge in [0.1, 0.15) is 0 Å². The van der Waals surface area contributed by atoms with Gasteiger partial charge in [-0.3, -0.25) is 0 Å². The van der Waals surface area contributed by atoms with Crippen molar-refractivity contribution in [3.8, 4) is 0 Å². The molecule has 0 spiro atoms. The van der Waals surface area contributed by atoms with Crippen molar-refractivity contribution in [3.63, 3.8) is 0 Å². The number of hydrogen-bond donors (Lipinski definition) is 0. The Morgan fingerprint density at radius 2 is 1.33 bits per heavy atom. The van der Waals surface area contributed by atoms with Crippen LogP contribution in [0.15, 0.2) is 11.8 Å². The molecule has 0 fully saturated rings. The van der Waals surface area contributed by atoms with Crippen LogP contribution in [0.5, 0.6) is 0 Å². The number of allylic oxidation sites excluding steroid dienone is 2. The second kappa shape index (κ2) is 38.2. The summed E-state index contributed by atoms with van der Waals surface area (Å²) in [5, 5.41) is 0. The normalized spacial score (nSPS) is 6.94. The molecular weight excluding hydrogens is 1770 g/mol. The molecule has 0 N–H and O–H groups in total. The molecule has 0 aromatic carbocycles. The van der Waals surface area contributed by atoms with Crippen LogP contribution in [0.3, 0.4) is 0 Å². The average molecular weight is 1780 g/mol. The SMILES string of the molecule is CC(C)CO/C([CH]=[W])=C/[CH]=[W].[W].[W].[W].[W].[W].[W].[W]. The fraction of sp³-hybridized carbons (Fsp3) is 0.500. The Kier molecular flexibility index (Phi) is 105. The van der Waals surface area contributed by atoms with Gasteiger partial charge in [0.05, 0.1) is 0 Å². The quantitative estimate of drug-likeness (QED) is 0.378. The molecule has 0 atom stereocenters. The zero-order chi connectivity index (χ0) is 8.69. The van der Waals surface area contributed by atoms with Gasteiger partial charge in [-0.25, -0.2) is 0 Å². The van der Waals surface area contributed by atoms with Crippen LogP contribution in [0.25, 0.3) is 0 Å². The first kappa shape index (κ1) is 49.5. The molecule has 0 aromatic rings. The van der Waals surface area contributed by atoms with Gasteiger partial charge < -0.3 is 0 Å². The smallest absolute Gasteiger partial charge is 0 e. The Morgan fingerprint density at radius 1 is 0.944 bits per heavy atom. The fourth-order valence-electron chi connectivity index (χ4n) is 0.451. The summed E-state index contributed by atoms with van der Waals surface area (Å²) in [6, 6.07) is 0. The van der Waals surface area contributed by atoms with E-state index in [2.05, 4.69) is 22.6 Å². The van der Waals surface area contributed by atoms with E-state index < -0.39 is 0 Å². The third kappa shape index (κ3) is 37.6. The van der Waals surface area contributed by atoms with Gasteiger partial charge in [0.25, 0.3) is 0 Å². The van der Waals surface area contributed by atoms with E-state index in [1.807, 2.05) is 6.08 Å². The van der Waals surface area contributed by atoms with E-state index in [-0.39, 0.29) is 147 Å². The first-order chi connectivity index (χ1) is 5.20. The van der Waals surface area contributed by atoms with Crippen LogP contribution < -0.4 is 0 Å². The summed E-state index contributed by atoms with van der Waals surface area (Å²) in [4.78, 5) is 0. The monoisotopic (exact) mass is 1780 g/mol. The second-order valence-corrected chi connectivity index (χ2v) is 4.35. The number of ether oxygens (including phenoxy) is 1. The van der Waals surface area contributed by atoms with Crippen LogP contribution in [0.2, 0.25) is 0 Å². The molecule has 1 nitrogen and oxygen atoms in total. The third-order valence-electron chi connectivity index (χ3n) is 0.932. The minimum Gasteiger partial charge on any atom is 0 e. The predicted molar refractivity (Wildman–Crippen MR) is 41.0 cm³/mol. The molecule has 0 aromatic heterocycles. The van der Waals surface area contributed by atoms with Crippen molar-refractivity contribution in [1.29, 1.82) is 0 Å². The molecule has 18 heavy (non-hydrogen) atoms. The molecule has 0 heterocycles. The van der Waals surface area contributed by atoms with Crippen molar-refractivity contribution in [3.05, 3.63) is 11.8 Å². The van der Waals surface area contributed by atoms with Gasteiger partial charge in [0, 0.05) is 147 Å². The van der Waals surface area contributed by atoms with Crippen LogP contribution in [-0.4, -0.2) is 15.4 Å². The molecule has 0 rings (SSSR count). The van der Waals surface area contributed by atoms with E-state index in [0.717, 1.165) is 12.4 Å². The van der Waals surface area contributed by atoms with E-state index in [4.69, 9.17) is 4.74 Å². The van der Waals surface area contributed by atoms with Crippen LogP contribution in [0, 0.1) is 5.92 Å². The zero-order valence-corrected chi connectivity index (χ0v) is 36.0. The molecular formula is C8H12OW9. The van der Waals surface area contributed by atoms with Crippen molar-refractivity contribution in [1.82, 2.24) is 0 Å². The maximum atomic E-state index is 5.50. The number of rotatable bonds is 5. The van der Waals surface area contributed by atoms with Crippen LogP contribution in [-0.2, 0) is 191 Å². The first-order valence-corrected chi connectivity index (χ1v) is 6.83. The van der Waals surface area contributed by atoms with Crippen molar-refractivity contribution >= 4 is 8.80 Å². The first-order valence-electron chi connectivity index (χ1n) is 3.44. The summed E-state index contributed by atoms with van der Waals surface area (Å²) in [6.07, 6.45) is 2.03. The molecule has 0 saturated carbocycles. The summed E-state index contributed by atoms with van der Waals surface area (Å²) in [5.74, 6) is 1.63. The Morgan fingerprint density at radius 3 is 1.56 bits per heavy atom. The maximum Gasteiger partial charge on any atom is 0 e. The van der Waals surface area contributed by atoms with Gasteiger partial charge in [0.2, 0.25) is 0 Å². The van der Waals surface area contributed by atoms with Crippen LogP contribution in [0.1, 0.15) is 13.8 Å². The van der Waals surface area contributed by atoms with Crippen LogP contribution >= 0.6 is 0 Å². The molecule has 0 radical (unpaired) electrons.